The molecule has 30 heavy (non-hydrogen) atoms. The van der Waals surface area contributed by atoms with Crippen molar-refractivity contribution in [2.45, 2.75) is 19.9 Å². The second-order valence-corrected chi connectivity index (χ2v) is 8.37. The van der Waals surface area contributed by atoms with Crippen LogP contribution in [0.25, 0.3) is 22.0 Å². The molecule has 1 fully saturated rings. The third kappa shape index (κ3) is 2.70. The second-order valence-electron chi connectivity index (χ2n) is 8.37. The van der Waals surface area contributed by atoms with Crippen LogP contribution in [0.1, 0.15) is 16.8 Å². The summed E-state index contributed by atoms with van der Waals surface area (Å²) in [6.45, 7) is 7.25. The smallest absolute Gasteiger partial charge is 0.298 e. The minimum Gasteiger partial charge on any atom is -0.423 e. The molecule has 2 aromatic heterocycles. The van der Waals surface area contributed by atoms with Gasteiger partial charge in [0.15, 0.2) is 5.58 Å². The Balaban J connectivity index is 1.34. The highest BCUT2D eigenvalue weighted by atomic mass is 16.5. The van der Waals surface area contributed by atoms with E-state index in [2.05, 4.69) is 64.7 Å². The van der Waals surface area contributed by atoms with Crippen molar-refractivity contribution in [3.05, 3.63) is 53.2 Å². The topological polar surface area (TPSA) is 46.7 Å². The zero-order valence-corrected chi connectivity index (χ0v) is 17.5. The summed E-state index contributed by atoms with van der Waals surface area (Å²) < 4.78 is 13.9. The van der Waals surface area contributed by atoms with Gasteiger partial charge in [0.1, 0.15) is 5.52 Å². The van der Waals surface area contributed by atoms with E-state index in [9.17, 15) is 0 Å². The monoisotopic (exact) mass is 402 g/mol. The van der Waals surface area contributed by atoms with Gasteiger partial charge in [-0.2, -0.15) is 4.98 Å². The molecule has 0 unspecified atom stereocenters. The third-order valence-corrected chi connectivity index (χ3v) is 6.63. The third-order valence-electron chi connectivity index (χ3n) is 6.63. The van der Waals surface area contributed by atoms with Crippen molar-refractivity contribution in [2.75, 3.05) is 42.6 Å². The Labute approximate surface area is 175 Å². The van der Waals surface area contributed by atoms with Gasteiger partial charge in [-0.1, -0.05) is 18.2 Å². The Morgan fingerprint density at radius 1 is 1.00 bits per heavy atom. The average Bonchev–Trinajstić information content (AvgIpc) is 3.34. The van der Waals surface area contributed by atoms with E-state index in [0.29, 0.717) is 6.01 Å². The molecule has 6 nitrogen and oxygen atoms in total. The molecule has 2 aliphatic rings. The fraction of sp³-hybridized carbons (Fsp3) is 0.375. The normalized spacial score (nSPS) is 17.1. The molecular weight excluding hydrogens is 376 g/mol. The van der Waals surface area contributed by atoms with Gasteiger partial charge >= 0.3 is 0 Å². The summed E-state index contributed by atoms with van der Waals surface area (Å²) in [6, 6.07) is 13.7. The standard InChI is InChI=1S/C24H26N4O2/c1-16-4-3-5-18-19-15-28(9-8-21(19)26(2)23(16)18)17-6-7-22-20(14-17)25-24(30-22)27-10-12-29-13-11-27/h3-7,14H,8-13,15H2,1-2H3. The number of morpholine rings is 1. The molecule has 0 aliphatic carbocycles. The minimum atomic E-state index is 0.705. The minimum absolute atomic E-state index is 0.705. The van der Waals surface area contributed by atoms with Crippen molar-refractivity contribution < 1.29 is 9.15 Å². The van der Waals surface area contributed by atoms with Crippen LogP contribution in [-0.4, -0.2) is 42.4 Å². The van der Waals surface area contributed by atoms with Gasteiger partial charge in [-0.05, 0) is 30.7 Å². The molecule has 6 heteroatoms. The Morgan fingerprint density at radius 2 is 1.87 bits per heavy atom. The highest BCUT2D eigenvalue weighted by molar-refractivity contribution is 5.89. The Hall–Kier alpha value is -2.99. The highest BCUT2D eigenvalue weighted by Crippen LogP contribution is 2.34. The van der Waals surface area contributed by atoms with Crippen LogP contribution in [0.2, 0.25) is 0 Å². The van der Waals surface area contributed by atoms with Gasteiger partial charge in [-0.3, -0.25) is 0 Å². The fourth-order valence-corrected chi connectivity index (χ4v) is 5.06. The summed E-state index contributed by atoms with van der Waals surface area (Å²) >= 11 is 0. The lowest BCUT2D eigenvalue weighted by molar-refractivity contribution is 0.120. The van der Waals surface area contributed by atoms with Crippen LogP contribution in [0.3, 0.4) is 0 Å². The van der Waals surface area contributed by atoms with Gasteiger partial charge in [-0.25, -0.2) is 0 Å². The first kappa shape index (κ1) is 17.8. The summed E-state index contributed by atoms with van der Waals surface area (Å²) in [4.78, 5) is 9.40. The highest BCUT2D eigenvalue weighted by Gasteiger charge is 2.24. The summed E-state index contributed by atoms with van der Waals surface area (Å²) in [6.07, 6.45) is 1.05. The lowest BCUT2D eigenvalue weighted by atomic mass is 10.0. The summed E-state index contributed by atoms with van der Waals surface area (Å²) in [5, 5.41) is 1.38. The molecule has 6 rings (SSSR count). The van der Waals surface area contributed by atoms with Gasteiger partial charge in [0, 0.05) is 62.0 Å². The number of nitrogens with zero attached hydrogens (tertiary/aromatic N) is 4. The molecule has 0 spiro atoms. The lowest BCUT2D eigenvalue weighted by Gasteiger charge is -2.29. The van der Waals surface area contributed by atoms with Crippen LogP contribution in [0, 0.1) is 6.92 Å². The summed E-state index contributed by atoms with van der Waals surface area (Å²) in [5.74, 6) is 0. The van der Waals surface area contributed by atoms with E-state index in [1.165, 1.54) is 33.4 Å². The Kier molecular flexibility index (Phi) is 4.03. The van der Waals surface area contributed by atoms with Gasteiger partial charge in [0.25, 0.3) is 6.01 Å². The number of oxazole rings is 1. The molecule has 2 aliphatic heterocycles. The number of fused-ring (bicyclic) bond motifs is 4. The van der Waals surface area contributed by atoms with Crippen molar-refractivity contribution >= 4 is 33.7 Å². The van der Waals surface area contributed by atoms with Crippen molar-refractivity contribution in [2.24, 2.45) is 7.05 Å². The van der Waals surface area contributed by atoms with Gasteiger partial charge in [0.2, 0.25) is 0 Å². The second kappa shape index (κ2) is 6.77. The number of hydrogen-bond acceptors (Lipinski definition) is 5. The summed E-state index contributed by atoms with van der Waals surface area (Å²) in [5.41, 5.74) is 8.61. The molecule has 1 saturated heterocycles. The van der Waals surface area contributed by atoms with E-state index < -0.39 is 0 Å². The van der Waals surface area contributed by atoms with E-state index in [1.807, 2.05) is 0 Å². The van der Waals surface area contributed by atoms with Crippen LogP contribution in [0.15, 0.2) is 40.8 Å². The molecule has 4 aromatic rings. The quantitative estimate of drug-likeness (QED) is 0.507. The van der Waals surface area contributed by atoms with Gasteiger partial charge < -0.3 is 23.5 Å². The zero-order chi connectivity index (χ0) is 20.2. The molecule has 0 N–H and O–H groups in total. The van der Waals surface area contributed by atoms with Crippen LogP contribution in [-0.2, 0) is 24.8 Å². The number of aromatic nitrogens is 2. The number of hydrogen-bond donors (Lipinski definition) is 0. The number of aryl methyl sites for hydroxylation is 2. The largest absolute Gasteiger partial charge is 0.423 e. The van der Waals surface area contributed by atoms with Crippen LogP contribution < -0.4 is 9.80 Å². The van der Waals surface area contributed by atoms with E-state index in [1.54, 1.807) is 0 Å². The maximum atomic E-state index is 6.02. The number of benzene rings is 2. The number of anilines is 2. The summed E-state index contributed by atoms with van der Waals surface area (Å²) in [7, 11) is 2.21. The first-order chi connectivity index (χ1) is 14.7. The molecule has 4 heterocycles. The number of rotatable bonds is 2. The number of para-hydroxylation sites is 1. The fourth-order valence-electron chi connectivity index (χ4n) is 5.06. The van der Waals surface area contributed by atoms with Gasteiger partial charge in [-0.15, -0.1) is 0 Å². The van der Waals surface area contributed by atoms with E-state index in [0.717, 1.165) is 56.9 Å². The van der Waals surface area contributed by atoms with Gasteiger partial charge in [0.05, 0.1) is 18.7 Å². The molecule has 0 atom stereocenters. The van der Waals surface area contributed by atoms with Crippen molar-refractivity contribution in [3.63, 3.8) is 0 Å². The maximum Gasteiger partial charge on any atom is 0.298 e. The maximum absolute atomic E-state index is 6.02. The molecule has 154 valence electrons. The Morgan fingerprint density at radius 3 is 2.73 bits per heavy atom. The molecule has 0 radical (unpaired) electrons. The average molecular weight is 402 g/mol. The molecule has 2 aromatic carbocycles. The molecule has 0 amide bonds. The Bertz CT molecular complexity index is 1250. The molecule has 0 saturated carbocycles. The first-order valence-corrected chi connectivity index (χ1v) is 10.7. The predicted molar refractivity (Wildman–Crippen MR) is 119 cm³/mol. The molecule has 0 bridgehead atoms. The molecular formula is C24H26N4O2. The first-order valence-electron chi connectivity index (χ1n) is 10.7. The van der Waals surface area contributed by atoms with Crippen molar-refractivity contribution in [1.82, 2.24) is 9.55 Å². The number of ether oxygens (including phenoxy) is 1. The SMILES string of the molecule is Cc1cccc2c3c(n(C)c12)CCN(c1ccc2oc(N4CCOCC4)nc2c1)C3. The van der Waals surface area contributed by atoms with Crippen LogP contribution in [0.4, 0.5) is 11.7 Å². The van der Waals surface area contributed by atoms with Crippen molar-refractivity contribution in [1.29, 1.82) is 0 Å². The van der Waals surface area contributed by atoms with E-state index >= 15 is 0 Å². The zero-order valence-electron chi connectivity index (χ0n) is 17.5. The van der Waals surface area contributed by atoms with E-state index in [4.69, 9.17) is 14.1 Å². The predicted octanol–water partition coefficient (Wildman–Crippen LogP) is 4.03. The van der Waals surface area contributed by atoms with Crippen LogP contribution in [0.5, 0.6) is 0 Å². The van der Waals surface area contributed by atoms with Crippen molar-refractivity contribution in [3.8, 4) is 0 Å². The van der Waals surface area contributed by atoms with Crippen LogP contribution >= 0.6 is 0 Å². The van der Waals surface area contributed by atoms with E-state index in [-0.39, 0.29) is 0 Å². The lowest BCUT2D eigenvalue weighted by Crippen LogP contribution is -2.36.